The number of aromatic nitrogens is 1. The fourth-order valence-electron chi connectivity index (χ4n) is 3.13. The highest BCUT2D eigenvalue weighted by molar-refractivity contribution is 7.91. The van der Waals surface area contributed by atoms with E-state index in [-0.39, 0.29) is 5.82 Å². The molecular formula is C17H15FN2O2S2. The molecular weight excluding hydrogens is 347 g/mol. The average Bonchev–Trinajstić information content (AvgIpc) is 3.26. The number of fused-ring (bicyclic) bond motifs is 1. The van der Waals surface area contributed by atoms with Crippen LogP contribution in [0.4, 0.5) is 4.39 Å². The van der Waals surface area contributed by atoms with Gasteiger partial charge in [0.2, 0.25) is 0 Å². The lowest BCUT2D eigenvalue weighted by Crippen LogP contribution is -2.42. The van der Waals surface area contributed by atoms with Crippen LogP contribution in [-0.4, -0.2) is 23.8 Å². The van der Waals surface area contributed by atoms with E-state index < -0.39 is 16.1 Å². The summed E-state index contributed by atoms with van der Waals surface area (Å²) in [5.41, 5.74) is 1.66. The van der Waals surface area contributed by atoms with Crippen LogP contribution in [0.25, 0.3) is 0 Å². The molecule has 4 nitrogen and oxygen atoms in total. The van der Waals surface area contributed by atoms with Crippen LogP contribution in [-0.2, 0) is 16.6 Å². The molecule has 0 aliphatic carbocycles. The normalized spacial score (nSPS) is 18.5. The maximum atomic E-state index is 13.3. The molecule has 0 N–H and O–H groups in total. The monoisotopic (exact) mass is 362 g/mol. The Kier molecular flexibility index (Phi) is 3.79. The number of rotatable bonds is 3. The van der Waals surface area contributed by atoms with E-state index in [1.807, 2.05) is 18.3 Å². The van der Waals surface area contributed by atoms with Crippen molar-refractivity contribution in [2.24, 2.45) is 0 Å². The third-order valence-corrected chi connectivity index (χ3v) is 7.48. The minimum atomic E-state index is -3.60. The van der Waals surface area contributed by atoms with Gasteiger partial charge >= 0.3 is 0 Å². The summed E-state index contributed by atoms with van der Waals surface area (Å²) in [5, 5.41) is 1.76. The predicted molar refractivity (Wildman–Crippen MR) is 90.9 cm³/mol. The zero-order chi connectivity index (χ0) is 16.7. The maximum Gasteiger partial charge on any atom is 0.253 e. The van der Waals surface area contributed by atoms with Crippen LogP contribution in [0.3, 0.4) is 0 Å². The van der Waals surface area contributed by atoms with Gasteiger partial charge in [-0.1, -0.05) is 18.2 Å². The molecule has 7 heteroatoms. The smallest absolute Gasteiger partial charge is 0.253 e. The third-order valence-electron chi connectivity index (χ3n) is 4.24. The van der Waals surface area contributed by atoms with Gasteiger partial charge in [-0.15, -0.1) is 11.3 Å². The largest absolute Gasteiger partial charge is 0.348 e. The Morgan fingerprint density at radius 3 is 2.54 bits per heavy atom. The molecule has 3 aromatic rings. The summed E-state index contributed by atoms with van der Waals surface area (Å²) >= 11 is 1.21. The number of halogens is 1. The van der Waals surface area contributed by atoms with Crippen LogP contribution in [0, 0.1) is 5.82 Å². The summed E-state index contributed by atoms with van der Waals surface area (Å²) in [5.74, 6) is -0.336. The van der Waals surface area contributed by atoms with Gasteiger partial charge in [-0.05, 0) is 41.3 Å². The zero-order valence-corrected chi connectivity index (χ0v) is 14.3. The van der Waals surface area contributed by atoms with E-state index in [0.29, 0.717) is 17.3 Å². The molecule has 0 saturated heterocycles. The Bertz CT molecular complexity index is 947. The summed E-state index contributed by atoms with van der Waals surface area (Å²) in [7, 11) is -3.60. The lowest BCUT2D eigenvalue weighted by Gasteiger charge is -2.36. The van der Waals surface area contributed by atoms with Gasteiger partial charge in [0, 0.05) is 25.0 Å². The molecule has 1 aliphatic rings. The molecule has 1 atom stereocenters. The van der Waals surface area contributed by atoms with Gasteiger partial charge in [0.05, 0.1) is 6.04 Å². The van der Waals surface area contributed by atoms with Crippen molar-refractivity contribution in [1.82, 2.24) is 8.87 Å². The van der Waals surface area contributed by atoms with Gasteiger partial charge < -0.3 is 4.57 Å². The van der Waals surface area contributed by atoms with Crippen molar-refractivity contribution in [3.63, 3.8) is 0 Å². The summed E-state index contributed by atoms with van der Waals surface area (Å²) in [6, 6.07) is 12.8. The molecule has 3 heterocycles. The molecule has 124 valence electrons. The second kappa shape index (κ2) is 5.84. The van der Waals surface area contributed by atoms with Crippen LogP contribution in [0.15, 0.2) is 64.3 Å². The molecule has 24 heavy (non-hydrogen) atoms. The Morgan fingerprint density at radius 1 is 1.04 bits per heavy atom. The summed E-state index contributed by atoms with van der Waals surface area (Å²) in [6.07, 6.45) is 1.95. The fourth-order valence-corrected chi connectivity index (χ4v) is 5.83. The van der Waals surface area contributed by atoms with Gasteiger partial charge in [0.15, 0.2) is 0 Å². The lowest BCUT2D eigenvalue weighted by molar-refractivity contribution is 0.299. The minimum absolute atomic E-state index is 0.328. The van der Waals surface area contributed by atoms with Gasteiger partial charge in [0.1, 0.15) is 10.0 Å². The third kappa shape index (κ3) is 2.49. The lowest BCUT2D eigenvalue weighted by atomic mass is 10.0. The maximum absolute atomic E-state index is 13.3. The second-order valence-corrected chi connectivity index (χ2v) is 8.69. The van der Waals surface area contributed by atoms with E-state index in [1.54, 1.807) is 29.6 Å². The van der Waals surface area contributed by atoms with Crippen LogP contribution in [0.5, 0.6) is 0 Å². The quantitative estimate of drug-likeness (QED) is 0.716. The second-order valence-electron chi connectivity index (χ2n) is 5.63. The van der Waals surface area contributed by atoms with Crippen LogP contribution in [0.1, 0.15) is 17.3 Å². The van der Waals surface area contributed by atoms with Crippen molar-refractivity contribution >= 4 is 21.4 Å². The summed E-state index contributed by atoms with van der Waals surface area (Å²) < 4.78 is 43.4. The van der Waals surface area contributed by atoms with Gasteiger partial charge in [-0.25, -0.2) is 12.8 Å². The van der Waals surface area contributed by atoms with E-state index in [1.165, 1.54) is 27.8 Å². The molecule has 0 radical (unpaired) electrons. The van der Waals surface area contributed by atoms with Gasteiger partial charge in [-0.3, -0.25) is 0 Å². The first kappa shape index (κ1) is 15.6. The van der Waals surface area contributed by atoms with Crippen molar-refractivity contribution in [3.8, 4) is 0 Å². The minimum Gasteiger partial charge on any atom is -0.348 e. The van der Waals surface area contributed by atoms with Crippen molar-refractivity contribution in [3.05, 3.63) is 77.2 Å². The Morgan fingerprint density at radius 2 is 1.83 bits per heavy atom. The van der Waals surface area contributed by atoms with Crippen molar-refractivity contribution < 1.29 is 12.8 Å². The number of sulfonamides is 1. The first-order valence-corrected chi connectivity index (χ1v) is 9.85. The first-order chi connectivity index (χ1) is 11.6. The highest BCUT2D eigenvalue weighted by Gasteiger charge is 2.37. The molecule has 1 aliphatic heterocycles. The molecule has 2 aromatic heterocycles. The number of hydrogen-bond acceptors (Lipinski definition) is 3. The molecule has 1 aromatic carbocycles. The number of thiophene rings is 1. The van der Waals surface area contributed by atoms with Crippen molar-refractivity contribution in [2.75, 3.05) is 6.54 Å². The standard InChI is InChI=1S/C17H15FN2O2S2/c18-14-7-5-13(6-8-14)17-15-3-1-9-19(15)10-11-20(17)24(21,22)16-4-2-12-23-16/h1-9,12,17H,10-11H2/t17-/m0/s1. The highest BCUT2D eigenvalue weighted by Crippen LogP contribution is 2.37. The zero-order valence-electron chi connectivity index (χ0n) is 12.7. The number of benzene rings is 1. The topological polar surface area (TPSA) is 42.3 Å². The molecule has 0 amide bonds. The van der Waals surface area contributed by atoms with Crippen molar-refractivity contribution in [1.29, 1.82) is 0 Å². The van der Waals surface area contributed by atoms with Crippen LogP contribution < -0.4 is 0 Å². The Balaban J connectivity index is 1.86. The average molecular weight is 362 g/mol. The molecule has 0 unspecified atom stereocenters. The molecule has 0 fully saturated rings. The molecule has 0 bridgehead atoms. The van der Waals surface area contributed by atoms with Gasteiger partial charge in [0.25, 0.3) is 10.0 Å². The first-order valence-electron chi connectivity index (χ1n) is 7.53. The molecule has 0 saturated carbocycles. The summed E-state index contributed by atoms with van der Waals surface area (Å²) in [6.45, 7) is 0.981. The van der Waals surface area contributed by atoms with E-state index in [4.69, 9.17) is 0 Å². The van der Waals surface area contributed by atoms with E-state index in [2.05, 4.69) is 4.57 Å². The van der Waals surface area contributed by atoms with Crippen molar-refractivity contribution in [2.45, 2.75) is 16.8 Å². The predicted octanol–water partition coefficient (Wildman–Crippen LogP) is 3.48. The summed E-state index contributed by atoms with van der Waals surface area (Å²) in [4.78, 5) is 0. The SMILES string of the molecule is O=S(=O)(c1cccs1)N1CCn2cccc2[C@@H]1c1ccc(F)cc1. The van der Waals surface area contributed by atoms with Crippen LogP contribution in [0.2, 0.25) is 0 Å². The Hall–Kier alpha value is -1.96. The Labute approximate surface area is 143 Å². The fraction of sp³-hybridized carbons (Fsp3) is 0.176. The van der Waals surface area contributed by atoms with E-state index in [9.17, 15) is 12.8 Å². The molecule has 0 spiro atoms. The van der Waals surface area contributed by atoms with E-state index >= 15 is 0 Å². The van der Waals surface area contributed by atoms with Crippen LogP contribution >= 0.6 is 11.3 Å². The number of nitrogens with zero attached hydrogens (tertiary/aromatic N) is 2. The van der Waals surface area contributed by atoms with E-state index in [0.717, 1.165) is 11.3 Å². The van der Waals surface area contributed by atoms with Gasteiger partial charge in [-0.2, -0.15) is 4.31 Å². The highest BCUT2D eigenvalue weighted by atomic mass is 32.2. The number of hydrogen-bond donors (Lipinski definition) is 0. The molecule has 4 rings (SSSR count).